The Hall–Kier alpha value is -7.10. The number of para-hydroxylation sites is 4. The van der Waals surface area contributed by atoms with Gasteiger partial charge in [-0.2, -0.15) is 0 Å². The number of rotatable bonds is 6. The fourth-order valence-corrected chi connectivity index (χ4v) is 9.08. The normalized spacial score (nSPS) is 13.0. The lowest BCUT2D eigenvalue weighted by Crippen LogP contribution is -2.14. The van der Waals surface area contributed by atoms with Crippen molar-refractivity contribution in [3.63, 3.8) is 0 Å². The fourth-order valence-electron chi connectivity index (χ4n) is 9.08. The molecule has 266 valence electrons. The first-order chi connectivity index (χ1) is 27.5. The summed E-state index contributed by atoms with van der Waals surface area (Å²) in [7, 11) is 0. The standard InChI is InChI=1S/C53H38N2O/c1-53(2)48-24-14-12-22-43(48)46-31-36-27-26-35-30-40(28-29-42(35)45(36)34-49(46)53)54(37-16-6-3-7-17-37)41-32-47-44-23-13-15-25-51(44)56-52(47)50(33-41)55(38-18-8-4-9-19-38)39-20-10-5-11-21-39/h3-34H,1-2H3. The first-order valence-corrected chi connectivity index (χ1v) is 19.3. The molecule has 0 aliphatic heterocycles. The number of hydrogen-bond acceptors (Lipinski definition) is 3. The van der Waals surface area contributed by atoms with E-state index in [1.54, 1.807) is 0 Å². The van der Waals surface area contributed by atoms with Crippen LogP contribution in [0.25, 0.3) is 54.6 Å². The average Bonchev–Trinajstić information content (AvgIpc) is 3.73. The number of hydrogen-bond donors (Lipinski definition) is 0. The van der Waals surface area contributed by atoms with Gasteiger partial charge in [0.15, 0.2) is 5.58 Å². The zero-order chi connectivity index (χ0) is 37.4. The van der Waals surface area contributed by atoms with Gasteiger partial charge in [0.2, 0.25) is 0 Å². The van der Waals surface area contributed by atoms with Crippen molar-refractivity contribution in [1.82, 2.24) is 0 Å². The Morgan fingerprint density at radius 1 is 0.375 bits per heavy atom. The predicted molar refractivity (Wildman–Crippen MR) is 236 cm³/mol. The highest BCUT2D eigenvalue weighted by molar-refractivity contribution is 6.13. The van der Waals surface area contributed by atoms with E-state index < -0.39 is 0 Å². The van der Waals surface area contributed by atoms with E-state index in [0.717, 1.165) is 56.1 Å². The maximum Gasteiger partial charge on any atom is 0.159 e. The minimum atomic E-state index is -0.0622. The molecule has 3 nitrogen and oxygen atoms in total. The number of furan rings is 1. The van der Waals surface area contributed by atoms with E-state index in [9.17, 15) is 0 Å². The lowest BCUT2D eigenvalue weighted by atomic mass is 9.81. The molecule has 1 heterocycles. The Morgan fingerprint density at radius 2 is 0.982 bits per heavy atom. The molecule has 3 heteroatoms. The van der Waals surface area contributed by atoms with E-state index in [0.29, 0.717) is 0 Å². The highest BCUT2D eigenvalue weighted by Gasteiger charge is 2.35. The van der Waals surface area contributed by atoms with Crippen molar-refractivity contribution in [2.24, 2.45) is 0 Å². The highest BCUT2D eigenvalue weighted by Crippen LogP contribution is 2.51. The third kappa shape index (κ3) is 4.98. The second-order valence-electron chi connectivity index (χ2n) is 15.4. The van der Waals surface area contributed by atoms with Crippen molar-refractivity contribution in [1.29, 1.82) is 0 Å². The summed E-state index contributed by atoms with van der Waals surface area (Å²) in [6.45, 7) is 4.71. The van der Waals surface area contributed by atoms with E-state index >= 15 is 0 Å². The van der Waals surface area contributed by atoms with Gasteiger partial charge >= 0.3 is 0 Å². The molecule has 1 aromatic heterocycles. The molecule has 0 N–H and O–H groups in total. The van der Waals surface area contributed by atoms with Gasteiger partial charge in [0.1, 0.15) is 5.58 Å². The molecular formula is C53H38N2O. The summed E-state index contributed by atoms with van der Waals surface area (Å²) in [5.74, 6) is 0. The van der Waals surface area contributed by atoms with Crippen LogP contribution in [-0.4, -0.2) is 0 Å². The summed E-state index contributed by atoms with van der Waals surface area (Å²) in [6.07, 6.45) is 0. The van der Waals surface area contributed by atoms with Gasteiger partial charge in [-0.1, -0.05) is 129 Å². The number of anilines is 6. The van der Waals surface area contributed by atoms with Gasteiger partial charge in [0.05, 0.1) is 5.69 Å². The lowest BCUT2D eigenvalue weighted by molar-refractivity contribution is 0.661. The molecule has 0 atom stereocenters. The van der Waals surface area contributed by atoms with Crippen molar-refractivity contribution in [2.75, 3.05) is 9.80 Å². The molecule has 0 amide bonds. The summed E-state index contributed by atoms with van der Waals surface area (Å²) in [5, 5.41) is 7.16. The van der Waals surface area contributed by atoms with Crippen molar-refractivity contribution < 1.29 is 4.42 Å². The molecule has 1 aliphatic rings. The molecule has 0 spiro atoms. The van der Waals surface area contributed by atoms with E-state index in [-0.39, 0.29) is 5.41 Å². The van der Waals surface area contributed by atoms with Crippen LogP contribution in [0.5, 0.6) is 0 Å². The van der Waals surface area contributed by atoms with Crippen LogP contribution < -0.4 is 9.80 Å². The first-order valence-electron chi connectivity index (χ1n) is 19.3. The van der Waals surface area contributed by atoms with Crippen LogP contribution in [0.4, 0.5) is 34.1 Å². The van der Waals surface area contributed by atoms with Gasteiger partial charge in [-0.05, 0) is 123 Å². The smallest absolute Gasteiger partial charge is 0.159 e. The van der Waals surface area contributed by atoms with Crippen LogP contribution in [0.3, 0.4) is 0 Å². The summed E-state index contributed by atoms with van der Waals surface area (Å²) >= 11 is 0. The van der Waals surface area contributed by atoms with E-state index in [1.807, 2.05) is 6.07 Å². The molecule has 1 aliphatic carbocycles. The second kappa shape index (κ2) is 12.5. The van der Waals surface area contributed by atoms with Crippen molar-refractivity contribution in [3.05, 3.63) is 205 Å². The molecule has 0 radical (unpaired) electrons. The van der Waals surface area contributed by atoms with Gasteiger partial charge in [-0.15, -0.1) is 0 Å². The first kappa shape index (κ1) is 32.3. The SMILES string of the molecule is CC1(C)c2ccccc2-c2cc3ccc4cc(N(c5ccccc5)c5cc(N(c6ccccc6)c6ccccc6)c6oc7ccccc7c6c5)ccc4c3cc21. The van der Waals surface area contributed by atoms with Gasteiger partial charge in [-0.25, -0.2) is 0 Å². The Bertz CT molecular complexity index is 3070. The van der Waals surface area contributed by atoms with Crippen molar-refractivity contribution in [3.8, 4) is 11.1 Å². The maximum absolute atomic E-state index is 6.76. The zero-order valence-corrected chi connectivity index (χ0v) is 31.3. The van der Waals surface area contributed by atoms with Crippen molar-refractivity contribution in [2.45, 2.75) is 19.3 Å². The molecule has 9 aromatic carbocycles. The topological polar surface area (TPSA) is 19.6 Å². The fraction of sp³-hybridized carbons (Fsp3) is 0.0566. The minimum Gasteiger partial charge on any atom is -0.454 e. The molecule has 0 bridgehead atoms. The molecule has 0 saturated heterocycles. The third-order valence-corrected chi connectivity index (χ3v) is 11.8. The van der Waals surface area contributed by atoms with E-state index in [1.165, 1.54) is 43.8 Å². The molecule has 0 fully saturated rings. The monoisotopic (exact) mass is 718 g/mol. The Labute approximate surface area is 326 Å². The van der Waals surface area contributed by atoms with Crippen LogP contribution in [0.1, 0.15) is 25.0 Å². The quantitative estimate of drug-likeness (QED) is 0.160. The van der Waals surface area contributed by atoms with Crippen LogP contribution in [-0.2, 0) is 5.41 Å². The Morgan fingerprint density at radius 3 is 1.70 bits per heavy atom. The molecule has 56 heavy (non-hydrogen) atoms. The predicted octanol–water partition coefficient (Wildman–Crippen LogP) is 15.1. The maximum atomic E-state index is 6.76. The molecule has 10 aromatic rings. The summed E-state index contributed by atoms with van der Waals surface area (Å²) in [5.41, 5.74) is 13.4. The van der Waals surface area contributed by atoms with E-state index in [4.69, 9.17) is 4.42 Å². The largest absolute Gasteiger partial charge is 0.454 e. The highest BCUT2D eigenvalue weighted by atomic mass is 16.3. The zero-order valence-electron chi connectivity index (χ0n) is 31.3. The van der Waals surface area contributed by atoms with Crippen LogP contribution in [0, 0.1) is 0 Å². The minimum absolute atomic E-state index is 0.0622. The van der Waals surface area contributed by atoms with Crippen LogP contribution >= 0.6 is 0 Å². The Balaban J connectivity index is 1.14. The second-order valence-corrected chi connectivity index (χ2v) is 15.4. The van der Waals surface area contributed by atoms with E-state index in [2.05, 4.69) is 212 Å². The van der Waals surface area contributed by atoms with Crippen molar-refractivity contribution >= 4 is 77.6 Å². The average molecular weight is 719 g/mol. The van der Waals surface area contributed by atoms with Gasteiger partial charge < -0.3 is 14.2 Å². The van der Waals surface area contributed by atoms with Gasteiger partial charge in [0, 0.05) is 44.6 Å². The number of fused-ring (bicyclic) bond motifs is 9. The molecule has 0 saturated carbocycles. The number of nitrogens with zero attached hydrogens (tertiary/aromatic N) is 2. The summed E-state index contributed by atoms with van der Waals surface area (Å²) < 4.78 is 6.76. The third-order valence-electron chi connectivity index (χ3n) is 11.8. The van der Waals surface area contributed by atoms with Crippen LogP contribution in [0.2, 0.25) is 0 Å². The molecule has 0 unspecified atom stereocenters. The van der Waals surface area contributed by atoms with Gasteiger partial charge in [0.25, 0.3) is 0 Å². The van der Waals surface area contributed by atoms with Crippen LogP contribution in [0.15, 0.2) is 199 Å². The van der Waals surface area contributed by atoms with Gasteiger partial charge in [-0.3, -0.25) is 0 Å². The summed E-state index contributed by atoms with van der Waals surface area (Å²) in [6, 6.07) is 70.0. The molecular weight excluding hydrogens is 681 g/mol. The Kier molecular flexibility index (Phi) is 7.20. The molecule has 11 rings (SSSR count). The summed E-state index contributed by atoms with van der Waals surface area (Å²) in [4.78, 5) is 4.69. The lowest BCUT2D eigenvalue weighted by Gasteiger charge is -2.29. The number of benzene rings is 9.